The minimum atomic E-state index is 0.238. The highest BCUT2D eigenvalue weighted by molar-refractivity contribution is 9.10. The van der Waals surface area contributed by atoms with Crippen LogP contribution in [0.2, 0.25) is 0 Å². The molecule has 7 rings (SSSR count). The van der Waals surface area contributed by atoms with Gasteiger partial charge in [-0.25, -0.2) is 4.98 Å². The SMILES string of the molecule is CN(C)CC1(COc2nc3c(c(N4CC5CCC(C4)N5)n2)CCN(c2nccc4cccc(Br)c24)C3)CC1. The number of aromatic nitrogens is 3. The average Bonchev–Trinajstić information content (AvgIpc) is 3.59. The lowest BCUT2D eigenvalue weighted by Gasteiger charge is -2.37. The molecule has 4 aliphatic rings. The molecule has 0 spiro atoms. The Kier molecular flexibility index (Phi) is 6.21. The van der Waals surface area contributed by atoms with Crippen LogP contribution in [0.4, 0.5) is 11.6 Å². The molecular formula is C29H36BrN7O. The molecule has 3 aliphatic heterocycles. The molecular weight excluding hydrogens is 542 g/mol. The van der Waals surface area contributed by atoms with Crippen LogP contribution < -0.4 is 19.9 Å². The maximum atomic E-state index is 6.40. The van der Waals surface area contributed by atoms with Crippen molar-refractivity contribution < 1.29 is 4.74 Å². The fourth-order valence-corrected chi connectivity index (χ4v) is 7.25. The molecule has 2 unspecified atom stereocenters. The standard InChI is InChI=1S/C29H36BrN7O/c1-35(2)17-29(10-11-29)18-38-28-33-24-16-36(27-25-19(8-12-31-27)4-3-5-23(25)30)13-9-22(24)26(34-28)37-14-20-6-7-21(15-37)32-20/h3-5,8,12,20-21,32H,6-7,9-11,13-18H2,1-2H3. The highest BCUT2D eigenvalue weighted by atomic mass is 79.9. The predicted octanol–water partition coefficient (Wildman–Crippen LogP) is 4.01. The van der Waals surface area contributed by atoms with Crippen molar-refractivity contribution in [2.75, 3.05) is 56.7 Å². The molecule has 2 atom stereocenters. The van der Waals surface area contributed by atoms with Crippen LogP contribution in [0.1, 0.15) is 36.9 Å². The Hall–Kier alpha value is -2.49. The van der Waals surface area contributed by atoms with Crippen LogP contribution >= 0.6 is 15.9 Å². The number of hydrogen-bond acceptors (Lipinski definition) is 8. The first-order valence-corrected chi connectivity index (χ1v) is 14.7. The maximum absolute atomic E-state index is 6.40. The van der Waals surface area contributed by atoms with Crippen LogP contribution in [0.15, 0.2) is 34.9 Å². The van der Waals surface area contributed by atoms with Gasteiger partial charge in [-0.1, -0.05) is 28.1 Å². The van der Waals surface area contributed by atoms with Gasteiger partial charge in [-0.2, -0.15) is 9.97 Å². The molecule has 1 N–H and O–H groups in total. The predicted molar refractivity (Wildman–Crippen MR) is 154 cm³/mol. The van der Waals surface area contributed by atoms with Gasteiger partial charge in [0.05, 0.1) is 18.8 Å². The Morgan fingerprint density at radius 1 is 1.08 bits per heavy atom. The zero-order valence-electron chi connectivity index (χ0n) is 22.3. The second kappa shape index (κ2) is 9.61. The van der Waals surface area contributed by atoms with Crippen LogP contribution in [-0.2, 0) is 13.0 Å². The van der Waals surface area contributed by atoms with Gasteiger partial charge < -0.3 is 24.8 Å². The van der Waals surface area contributed by atoms with E-state index in [1.165, 1.54) is 36.6 Å². The summed E-state index contributed by atoms with van der Waals surface area (Å²) < 4.78 is 7.47. The van der Waals surface area contributed by atoms with Crippen molar-refractivity contribution in [1.82, 2.24) is 25.2 Å². The number of rotatable bonds is 7. The molecule has 2 aromatic heterocycles. The van der Waals surface area contributed by atoms with Crippen molar-refractivity contribution in [3.8, 4) is 6.01 Å². The summed E-state index contributed by atoms with van der Waals surface area (Å²) in [5, 5.41) is 6.11. The van der Waals surface area contributed by atoms with E-state index in [0.717, 1.165) is 59.8 Å². The molecule has 200 valence electrons. The molecule has 1 saturated carbocycles. The summed E-state index contributed by atoms with van der Waals surface area (Å²) in [6.45, 7) is 5.33. The van der Waals surface area contributed by atoms with Crippen molar-refractivity contribution >= 4 is 38.3 Å². The van der Waals surface area contributed by atoms with Crippen molar-refractivity contribution in [2.45, 2.75) is 50.7 Å². The van der Waals surface area contributed by atoms with Crippen LogP contribution in [0.25, 0.3) is 10.8 Å². The molecule has 2 bridgehead atoms. The fraction of sp³-hybridized carbons (Fsp3) is 0.552. The van der Waals surface area contributed by atoms with E-state index in [0.29, 0.717) is 31.2 Å². The number of nitrogens with one attached hydrogen (secondary N) is 1. The summed E-state index contributed by atoms with van der Waals surface area (Å²) in [5.41, 5.74) is 2.59. The van der Waals surface area contributed by atoms with Crippen LogP contribution in [0.3, 0.4) is 0 Å². The molecule has 0 amide bonds. The summed E-state index contributed by atoms with van der Waals surface area (Å²) >= 11 is 3.77. The maximum Gasteiger partial charge on any atom is 0.318 e. The van der Waals surface area contributed by atoms with E-state index in [9.17, 15) is 0 Å². The fourth-order valence-electron chi connectivity index (χ4n) is 6.69. The first kappa shape index (κ1) is 24.5. The first-order chi connectivity index (χ1) is 18.5. The van der Waals surface area contributed by atoms with E-state index >= 15 is 0 Å². The lowest BCUT2D eigenvalue weighted by Crippen LogP contribution is -2.52. The van der Waals surface area contributed by atoms with Crippen molar-refractivity contribution in [2.24, 2.45) is 5.41 Å². The molecule has 1 aromatic carbocycles. The highest BCUT2D eigenvalue weighted by Crippen LogP contribution is 2.46. The molecule has 0 radical (unpaired) electrons. The summed E-state index contributed by atoms with van der Waals surface area (Å²) in [7, 11) is 4.28. The van der Waals surface area contributed by atoms with Gasteiger partial charge >= 0.3 is 6.01 Å². The van der Waals surface area contributed by atoms with E-state index in [4.69, 9.17) is 19.7 Å². The number of hydrogen-bond donors (Lipinski definition) is 1. The number of pyridine rings is 1. The smallest absolute Gasteiger partial charge is 0.318 e. The number of ether oxygens (including phenoxy) is 1. The number of nitrogens with zero attached hydrogens (tertiary/aromatic N) is 6. The minimum absolute atomic E-state index is 0.238. The molecule has 3 fully saturated rings. The van der Waals surface area contributed by atoms with E-state index < -0.39 is 0 Å². The summed E-state index contributed by atoms with van der Waals surface area (Å²) in [4.78, 5) is 22.1. The second-order valence-electron chi connectivity index (χ2n) is 12.0. The number of halogens is 1. The third-order valence-corrected chi connectivity index (χ3v) is 9.34. The van der Waals surface area contributed by atoms with Gasteiger partial charge in [-0.05, 0) is 63.7 Å². The van der Waals surface area contributed by atoms with E-state index in [2.05, 4.69) is 74.3 Å². The molecule has 9 heteroatoms. The van der Waals surface area contributed by atoms with Crippen molar-refractivity contribution in [1.29, 1.82) is 0 Å². The third kappa shape index (κ3) is 4.62. The molecule has 8 nitrogen and oxygen atoms in total. The minimum Gasteiger partial charge on any atom is -0.463 e. The monoisotopic (exact) mass is 577 g/mol. The average molecular weight is 579 g/mol. The highest BCUT2D eigenvalue weighted by Gasteiger charge is 2.44. The lowest BCUT2D eigenvalue weighted by atomic mass is 10.0. The Morgan fingerprint density at radius 2 is 1.89 bits per heavy atom. The lowest BCUT2D eigenvalue weighted by molar-refractivity contribution is 0.182. The zero-order chi connectivity index (χ0) is 25.9. The first-order valence-electron chi connectivity index (χ1n) is 13.9. The van der Waals surface area contributed by atoms with Gasteiger partial charge in [-0.3, -0.25) is 0 Å². The largest absolute Gasteiger partial charge is 0.463 e. The van der Waals surface area contributed by atoms with Crippen molar-refractivity contribution in [3.05, 3.63) is 46.2 Å². The molecule has 5 heterocycles. The van der Waals surface area contributed by atoms with Gasteiger partial charge in [0.1, 0.15) is 11.6 Å². The van der Waals surface area contributed by atoms with Gasteiger partial charge in [0.25, 0.3) is 0 Å². The van der Waals surface area contributed by atoms with E-state index in [1.807, 2.05) is 6.20 Å². The third-order valence-electron chi connectivity index (χ3n) is 8.67. The summed E-state index contributed by atoms with van der Waals surface area (Å²) in [6, 6.07) is 10.0. The Balaban J connectivity index is 1.22. The summed E-state index contributed by atoms with van der Waals surface area (Å²) in [5.74, 6) is 2.10. The number of benzene rings is 1. The zero-order valence-corrected chi connectivity index (χ0v) is 23.9. The second-order valence-corrected chi connectivity index (χ2v) is 12.8. The molecule has 38 heavy (non-hydrogen) atoms. The number of fused-ring (bicyclic) bond motifs is 4. The normalized spacial score (nSPS) is 23.7. The van der Waals surface area contributed by atoms with Gasteiger partial charge in [0.2, 0.25) is 0 Å². The molecule has 1 aliphatic carbocycles. The van der Waals surface area contributed by atoms with Crippen LogP contribution in [0, 0.1) is 5.41 Å². The van der Waals surface area contributed by atoms with Crippen molar-refractivity contribution in [3.63, 3.8) is 0 Å². The molecule has 2 saturated heterocycles. The van der Waals surface area contributed by atoms with Gasteiger partial charge in [0.15, 0.2) is 0 Å². The van der Waals surface area contributed by atoms with Gasteiger partial charge in [0, 0.05) is 65.3 Å². The number of piperazine rings is 1. The number of anilines is 2. The van der Waals surface area contributed by atoms with Crippen LogP contribution in [0.5, 0.6) is 6.01 Å². The van der Waals surface area contributed by atoms with Crippen LogP contribution in [-0.4, -0.2) is 78.8 Å². The Bertz CT molecular complexity index is 1340. The molecule has 3 aromatic rings. The Labute approximate surface area is 232 Å². The Morgan fingerprint density at radius 3 is 2.66 bits per heavy atom. The quantitative estimate of drug-likeness (QED) is 0.451. The van der Waals surface area contributed by atoms with E-state index in [-0.39, 0.29) is 5.41 Å². The topological polar surface area (TPSA) is 69.7 Å². The van der Waals surface area contributed by atoms with Gasteiger partial charge in [-0.15, -0.1) is 0 Å². The van der Waals surface area contributed by atoms with E-state index in [1.54, 1.807) is 0 Å². The summed E-state index contributed by atoms with van der Waals surface area (Å²) in [6.07, 6.45) is 7.73.